The van der Waals surface area contributed by atoms with Gasteiger partial charge in [0, 0.05) is 87.1 Å². The van der Waals surface area contributed by atoms with Gasteiger partial charge in [-0.15, -0.1) is 0 Å². The SMILES string of the molecule is C=CC(=O)N1C2CN3C4=C(C(=O)C(N)=C(C)C4=O)[C@@H](COC(N)=O)[C@@]3(OC)C21.CC(=O)NC(CS)C(=O)OS(C)(=O)=O.COC(=O)C(CSCCC(=O)N1C2CN3C4=C(C(=O)C(N)=C(C)C4=O)[C@@H](COC(N)=O)[C@@]3(OC)C21)NC(C)=O.[B]P. The molecular weight excluding hydrogens is 1170 g/mol. The summed E-state index contributed by atoms with van der Waals surface area (Å²) in [6, 6.07) is -3.33. The number of Topliss-reactive ketones (excluding diaryl/α,β-unsaturated/α-hetero) is 4. The fourth-order valence-corrected chi connectivity index (χ4v) is 13.0. The lowest BCUT2D eigenvalue weighted by Gasteiger charge is -2.41. The first kappa shape index (κ1) is 66.8. The predicted octanol–water partition coefficient (Wildman–Crippen LogP) is -3.97. The molecule has 2 aliphatic carbocycles. The third-order valence-electron chi connectivity index (χ3n) is 14.8. The van der Waals surface area contributed by atoms with Gasteiger partial charge in [-0.1, -0.05) is 6.58 Å². The van der Waals surface area contributed by atoms with E-state index in [0.29, 0.717) is 12.3 Å². The summed E-state index contributed by atoms with van der Waals surface area (Å²) in [4.78, 5) is 152. The second-order valence-corrected chi connectivity index (χ2v) is 22.4. The van der Waals surface area contributed by atoms with Gasteiger partial charge in [-0.05, 0) is 19.9 Å². The van der Waals surface area contributed by atoms with E-state index < -0.39 is 105 Å². The lowest BCUT2D eigenvalue weighted by Crippen LogP contribution is -2.56. The molecule has 0 aromatic heterocycles. The molecule has 8 aliphatic rings. The maximum atomic E-state index is 13.2. The van der Waals surface area contributed by atoms with Gasteiger partial charge in [0.2, 0.25) is 46.8 Å². The number of esters is 1. The van der Waals surface area contributed by atoms with Gasteiger partial charge in [0.05, 0.1) is 67.6 Å². The number of nitrogens with one attached hydrogen (secondary N) is 2. The molecular formula is C48H64BN10O20PS3. The highest BCUT2D eigenvalue weighted by atomic mass is 32.2. The maximum Gasteiger partial charge on any atom is 0.404 e. The number of amides is 6. The minimum atomic E-state index is -3.85. The largest absolute Gasteiger partial charge is 0.467 e. The molecule has 452 valence electrons. The van der Waals surface area contributed by atoms with Gasteiger partial charge in [-0.2, -0.15) is 41.9 Å². The average molecular weight is 1240 g/mol. The second kappa shape index (κ2) is 26.3. The molecule has 6 amide bonds. The fraction of sp³-hybridized carbons (Fsp3) is 0.542. The molecule has 0 aromatic carbocycles. The number of nitrogens with two attached hydrogens (primary N) is 4. The van der Waals surface area contributed by atoms with Crippen LogP contribution in [0.4, 0.5) is 9.59 Å². The smallest absolute Gasteiger partial charge is 0.404 e. The Bertz CT molecular complexity index is 3070. The Morgan fingerprint density at radius 1 is 0.759 bits per heavy atom. The topological polar surface area (TPSA) is 435 Å². The lowest BCUT2D eigenvalue weighted by molar-refractivity contribution is -0.153. The molecule has 6 aliphatic heterocycles. The van der Waals surface area contributed by atoms with Crippen molar-refractivity contribution in [2.24, 2.45) is 34.8 Å². The Morgan fingerprint density at radius 3 is 1.55 bits per heavy atom. The van der Waals surface area contributed by atoms with Crippen molar-refractivity contribution in [1.29, 1.82) is 0 Å². The molecule has 0 saturated carbocycles. The highest BCUT2D eigenvalue weighted by Gasteiger charge is 2.79. The number of ketones is 4. The van der Waals surface area contributed by atoms with Crippen molar-refractivity contribution in [2.45, 2.75) is 81.8 Å². The van der Waals surface area contributed by atoms with Crippen molar-refractivity contribution in [3.63, 3.8) is 0 Å². The van der Waals surface area contributed by atoms with Crippen LogP contribution in [0.25, 0.3) is 0 Å². The van der Waals surface area contributed by atoms with Crippen LogP contribution in [0.3, 0.4) is 0 Å². The number of carbonyl (C=O) groups is 12. The Labute approximate surface area is 489 Å². The van der Waals surface area contributed by atoms with Crippen LogP contribution in [0, 0.1) is 11.8 Å². The van der Waals surface area contributed by atoms with Gasteiger partial charge in [-0.3, -0.25) is 38.4 Å². The number of ether oxygens (including phenoxy) is 5. The van der Waals surface area contributed by atoms with E-state index in [2.05, 4.69) is 41.6 Å². The van der Waals surface area contributed by atoms with Crippen molar-refractivity contribution in [3.8, 4) is 0 Å². The van der Waals surface area contributed by atoms with Gasteiger partial charge in [0.25, 0.3) is 0 Å². The number of thiol groups is 1. The summed E-state index contributed by atoms with van der Waals surface area (Å²) in [7, 11) is 6.55. The monoisotopic (exact) mass is 1240 g/mol. The van der Waals surface area contributed by atoms with E-state index in [-0.39, 0.29) is 118 Å². The molecule has 4 saturated heterocycles. The summed E-state index contributed by atoms with van der Waals surface area (Å²) < 4.78 is 51.8. The summed E-state index contributed by atoms with van der Waals surface area (Å²) in [6.07, 6.45) is -0.00861. The number of nitrogens with zero attached hydrogens (tertiary/aromatic N) is 4. The van der Waals surface area contributed by atoms with E-state index in [1.54, 1.807) is 19.6 Å². The van der Waals surface area contributed by atoms with Gasteiger partial charge < -0.3 is 81.0 Å². The summed E-state index contributed by atoms with van der Waals surface area (Å²) in [6.45, 7) is 8.87. The Hall–Kier alpha value is -7.00. The molecule has 6 heterocycles. The number of allylic oxidation sites excluding steroid dienone is 4. The van der Waals surface area contributed by atoms with Crippen LogP contribution >= 0.6 is 33.5 Å². The maximum absolute atomic E-state index is 13.2. The van der Waals surface area contributed by atoms with Crippen LogP contribution in [0.2, 0.25) is 0 Å². The van der Waals surface area contributed by atoms with Crippen LogP contribution in [0.15, 0.2) is 57.7 Å². The minimum Gasteiger partial charge on any atom is -0.467 e. The molecule has 11 atom stereocenters. The van der Waals surface area contributed by atoms with Crippen LogP contribution in [-0.2, 0) is 85.9 Å². The van der Waals surface area contributed by atoms with Crippen LogP contribution in [-0.4, -0.2) is 225 Å². The molecule has 8 rings (SSSR count). The van der Waals surface area contributed by atoms with E-state index in [9.17, 15) is 66.0 Å². The van der Waals surface area contributed by atoms with Gasteiger partial charge in [0.1, 0.15) is 37.4 Å². The number of carbonyl (C=O) groups excluding carboxylic acids is 12. The first-order valence-electron chi connectivity index (χ1n) is 24.8. The summed E-state index contributed by atoms with van der Waals surface area (Å²) in [5.41, 5.74) is 20.1. The van der Waals surface area contributed by atoms with Crippen LogP contribution in [0.1, 0.15) is 34.1 Å². The zero-order valence-electron chi connectivity index (χ0n) is 46.2. The average Bonchev–Trinajstić information content (AvgIpc) is 1.58. The molecule has 4 fully saturated rings. The number of thioether (sulfide) groups is 1. The second-order valence-electron chi connectivity index (χ2n) is 19.3. The van der Waals surface area contributed by atoms with E-state index in [1.807, 2.05) is 9.12 Å². The van der Waals surface area contributed by atoms with E-state index in [4.69, 9.17) is 46.6 Å². The van der Waals surface area contributed by atoms with Crippen LogP contribution < -0.4 is 33.6 Å². The zero-order chi connectivity index (χ0) is 62.7. The number of hydrogen-bond donors (Lipinski definition) is 7. The number of piperazine rings is 2. The van der Waals surface area contributed by atoms with Gasteiger partial charge in [-0.25, -0.2) is 19.2 Å². The van der Waals surface area contributed by atoms with Crippen molar-refractivity contribution in [3.05, 3.63) is 57.7 Å². The first-order chi connectivity index (χ1) is 38.9. The van der Waals surface area contributed by atoms with E-state index >= 15 is 0 Å². The van der Waals surface area contributed by atoms with Crippen LogP contribution in [0.5, 0.6) is 0 Å². The molecule has 0 aromatic rings. The molecule has 7 unspecified atom stereocenters. The molecule has 0 bridgehead atoms. The zero-order valence-corrected chi connectivity index (χ0v) is 49.9. The standard InChI is InChI=1S/C24H31N5O9S.C18H20N4O6.C6H11NO5S2.BH2P/c1-10-17(25)20(33)16-12(8-38-23(26)35)24(37-4)21-14(7-28(24)18(16)19(10)32)29(21)15(31)5-6-39-9-13(22(34)36-3)27-11(2)30;1-4-10(23)22-9-5-21-13-11(15(25)12(19)7(2)14(13)24)8(6-28-17(20)26)18(21,27-3)16(9)22;1-4(8)7-5(3-13)6(9)12-14(2,10)11;1-2/h12-14,21H,5-9,25H2,1-4H3,(H2,26,35)(H,27,30);4,8-9,16H,1,5-6,19H2,2-3H3,(H2,20,26);5,13H,3H2,1-2H3,(H,7,8);2H2/t12-,13?,14?,21?,24-,29?;8-,9?,16?,18-,22?;;/m11../s1. The summed E-state index contributed by atoms with van der Waals surface area (Å²) in [5.74, 6) is -5.96. The number of hydrogen-bond acceptors (Lipinski definition) is 26. The predicted molar refractivity (Wildman–Crippen MR) is 297 cm³/mol. The molecule has 35 heteroatoms. The van der Waals surface area contributed by atoms with E-state index in [0.717, 1.165) is 6.26 Å². The van der Waals surface area contributed by atoms with Crippen molar-refractivity contribution in [1.82, 2.24) is 30.2 Å². The van der Waals surface area contributed by atoms with Crippen molar-refractivity contribution in [2.75, 3.05) is 71.1 Å². The number of methoxy groups -OCH3 is 3. The quantitative estimate of drug-likeness (QED) is 0.00658. The molecule has 83 heavy (non-hydrogen) atoms. The van der Waals surface area contributed by atoms with E-state index in [1.165, 1.54) is 66.9 Å². The Morgan fingerprint density at radius 2 is 1.18 bits per heavy atom. The number of fused-ring (bicyclic) bond motifs is 8. The van der Waals surface area contributed by atoms with Gasteiger partial charge in [0.15, 0.2) is 11.4 Å². The highest BCUT2D eigenvalue weighted by Crippen LogP contribution is 2.61. The molecule has 0 spiro atoms. The number of rotatable bonds is 18. The summed E-state index contributed by atoms with van der Waals surface area (Å²) >= 11 is 5.08. The minimum absolute atomic E-state index is 0.0338. The Kier molecular flexibility index (Phi) is 21.2. The Balaban J connectivity index is 0.000000249. The van der Waals surface area contributed by atoms with Crippen molar-refractivity contribution >= 4 is 122 Å². The highest BCUT2D eigenvalue weighted by molar-refractivity contribution is 7.99. The first-order valence-corrected chi connectivity index (χ1v) is 29.1. The van der Waals surface area contributed by atoms with Gasteiger partial charge >= 0.3 is 34.2 Å². The third kappa shape index (κ3) is 12.5. The fourth-order valence-electron chi connectivity index (χ4n) is 11.4. The normalized spacial score (nSPS) is 26.4. The number of primary amides is 2. The lowest BCUT2D eigenvalue weighted by atomic mass is 9.82. The third-order valence-corrected chi connectivity index (χ3v) is 16.7. The summed E-state index contributed by atoms with van der Waals surface area (Å²) in [5, 5.41) is 4.72. The van der Waals surface area contributed by atoms with Crippen molar-refractivity contribution < 1.29 is 93.8 Å². The molecule has 10 N–H and O–H groups in total. The molecule has 30 nitrogen and oxygen atoms in total. The molecule has 2 radical (unpaired) electrons.